The van der Waals surface area contributed by atoms with E-state index >= 15 is 0 Å². The van der Waals surface area contributed by atoms with Gasteiger partial charge < -0.3 is 5.32 Å². The fourth-order valence-electron chi connectivity index (χ4n) is 1.88. The summed E-state index contributed by atoms with van der Waals surface area (Å²) in [5.74, 6) is 1.06. The molecule has 21 heavy (non-hydrogen) atoms. The number of hydrogen-bond acceptors (Lipinski definition) is 5. The first kappa shape index (κ1) is 14.1. The van der Waals surface area contributed by atoms with Gasteiger partial charge >= 0.3 is 0 Å². The summed E-state index contributed by atoms with van der Waals surface area (Å²) in [6, 6.07) is 7.94. The van der Waals surface area contributed by atoms with Crippen LogP contribution in [0.2, 0.25) is 0 Å². The maximum atomic E-state index is 11.8. The molecule has 0 saturated heterocycles. The maximum absolute atomic E-state index is 11.8. The van der Waals surface area contributed by atoms with E-state index < -0.39 is 0 Å². The van der Waals surface area contributed by atoms with Gasteiger partial charge in [-0.15, -0.1) is 5.10 Å². The van der Waals surface area contributed by atoms with Gasteiger partial charge in [-0.05, 0) is 48.2 Å². The largest absolute Gasteiger partial charge is 0.355 e. The summed E-state index contributed by atoms with van der Waals surface area (Å²) in [4.78, 5) is 11.8. The van der Waals surface area contributed by atoms with Crippen molar-refractivity contribution in [2.75, 3.05) is 12.3 Å². The van der Waals surface area contributed by atoms with Crippen molar-refractivity contribution in [1.82, 2.24) is 25.5 Å². The normalized spacial score (nSPS) is 14.1. The van der Waals surface area contributed by atoms with Gasteiger partial charge in [0.05, 0.1) is 11.4 Å². The van der Waals surface area contributed by atoms with E-state index in [4.69, 9.17) is 0 Å². The van der Waals surface area contributed by atoms with Gasteiger partial charge in [0.15, 0.2) is 0 Å². The zero-order chi connectivity index (χ0) is 14.7. The molecule has 1 heterocycles. The Kier molecular flexibility index (Phi) is 4.19. The fourth-order valence-corrected chi connectivity index (χ4v) is 2.60. The van der Waals surface area contributed by atoms with E-state index in [-0.39, 0.29) is 5.91 Å². The lowest BCUT2D eigenvalue weighted by molar-refractivity contribution is -0.118. The van der Waals surface area contributed by atoms with Gasteiger partial charge in [0.2, 0.25) is 11.1 Å². The molecule has 1 N–H and O–H groups in total. The summed E-state index contributed by atoms with van der Waals surface area (Å²) in [7, 11) is 0. The van der Waals surface area contributed by atoms with Crippen LogP contribution < -0.4 is 5.32 Å². The van der Waals surface area contributed by atoms with Crippen LogP contribution in [0.4, 0.5) is 0 Å². The number of hydrogen-bond donors (Lipinski definition) is 1. The highest BCUT2D eigenvalue weighted by Crippen LogP contribution is 2.27. The summed E-state index contributed by atoms with van der Waals surface area (Å²) in [5.41, 5.74) is 2.08. The molecule has 1 amide bonds. The zero-order valence-corrected chi connectivity index (χ0v) is 12.6. The number of thioether (sulfide) groups is 1. The molecule has 110 valence electrons. The number of amides is 1. The molecule has 0 aliphatic heterocycles. The molecule has 6 nitrogen and oxygen atoms in total. The lowest BCUT2D eigenvalue weighted by atomic mass is 10.2. The molecule has 1 aliphatic rings. The Morgan fingerprint density at radius 1 is 1.38 bits per heavy atom. The van der Waals surface area contributed by atoms with Gasteiger partial charge in [0.25, 0.3) is 0 Å². The molecule has 1 aromatic carbocycles. The number of nitrogens with one attached hydrogen (secondary N) is 1. The molecule has 2 aromatic rings. The van der Waals surface area contributed by atoms with Crippen molar-refractivity contribution in [1.29, 1.82) is 0 Å². The number of nitrogens with zero attached hydrogens (tertiary/aromatic N) is 4. The quantitative estimate of drug-likeness (QED) is 0.820. The molecule has 7 heteroatoms. The van der Waals surface area contributed by atoms with Crippen LogP contribution in [-0.2, 0) is 4.79 Å². The predicted octanol–water partition coefficient (Wildman–Crippen LogP) is 1.59. The van der Waals surface area contributed by atoms with Crippen molar-refractivity contribution in [3.63, 3.8) is 0 Å². The molecule has 1 saturated carbocycles. The molecule has 0 unspecified atom stereocenters. The Morgan fingerprint density at radius 2 is 2.14 bits per heavy atom. The van der Waals surface area contributed by atoms with E-state index in [9.17, 15) is 4.79 Å². The lowest BCUT2D eigenvalue weighted by Gasteiger charge is -2.05. The third kappa shape index (κ3) is 3.81. The number of carbonyl (C=O) groups excluding carboxylic acids is 1. The molecular weight excluding hydrogens is 286 g/mol. The van der Waals surface area contributed by atoms with E-state index in [0.29, 0.717) is 16.8 Å². The van der Waals surface area contributed by atoms with Crippen molar-refractivity contribution in [2.24, 2.45) is 5.92 Å². The van der Waals surface area contributed by atoms with Gasteiger partial charge in [-0.25, -0.2) is 0 Å². The van der Waals surface area contributed by atoms with Crippen molar-refractivity contribution in [3.05, 3.63) is 29.8 Å². The third-order valence-corrected chi connectivity index (χ3v) is 4.26. The van der Waals surface area contributed by atoms with Crippen LogP contribution >= 0.6 is 11.8 Å². The Labute approximate surface area is 127 Å². The predicted molar refractivity (Wildman–Crippen MR) is 80.3 cm³/mol. The first-order chi connectivity index (χ1) is 10.2. The molecular formula is C14H17N5OS. The summed E-state index contributed by atoms with van der Waals surface area (Å²) >= 11 is 1.35. The van der Waals surface area contributed by atoms with Gasteiger partial charge in [-0.1, -0.05) is 29.5 Å². The molecule has 3 rings (SSSR count). The smallest absolute Gasteiger partial charge is 0.230 e. The molecule has 1 fully saturated rings. The van der Waals surface area contributed by atoms with Gasteiger partial charge in [-0.2, -0.15) is 4.68 Å². The second kappa shape index (κ2) is 6.26. The summed E-state index contributed by atoms with van der Waals surface area (Å²) in [6.07, 6.45) is 2.47. The number of carbonyl (C=O) groups is 1. The van der Waals surface area contributed by atoms with Gasteiger partial charge in [0.1, 0.15) is 0 Å². The number of aromatic nitrogens is 4. The lowest BCUT2D eigenvalue weighted by Crippen LogP contribution is -2.27. The van der Waals surface area contributed by atoms with Crippen molar-refractivity contribution in [3.8, 4) is 5.69 Å². The number of aryl methyl sites for hydroxylation is 1. The van der Waals surface area contributed by atoms with Crippen molar-refractivity contribution in [2.45, 2.75) is 24.9 Å². The summed E-state index contributed by atoms with van der Waals surface area (Å²) in [5, 5.41) is 15.2. The van der Waals surface area contributed by atoms with Crippen LogP contribution in [0.1, 0.15) is 18.4 Å². The highest BCUT2D eigenvalue weighted by molar-refractivity contribution is 7.99. The first-order valence-electron chi connectivity index (χ1n) is 6.97. The zero-order valence-electron chi connectivity index (χ0n) is 11.8. The standard InChI is InChI=1S/C14H17N5OS/c1-10-2-6-12(7-3-10)19-14(16-17-18-19)21-9-13(20)15-8-11-4-5-11/h2-3,6-7,11H,4-5,8-9H2,1H3,(H,15,20). The van der Waals surface area contributed by atoms with E-state index in [1.165, 1.54) is 30.2 Å². The summed E-state index contributed by atoms with van der Waals surface area (Å²) < 4.78 is 1.65. The Balaban J connectivity index is 1.59. The monoisotopic (exact) mass is 303 g/mol. The van der Waals surface area contributed by atoms with Gasteiger partial charge in [0, 0.05) is 6.54 Å². The van der Waals surface area contributed by atoms with Crippen molar-refractivity contribution < 1.29 is 4.79 Å². The second-order valence-corrected chi connectivity index (χ2v) is 6.19. The van der Waals surface area contributed by atoms with Crippen molar-refractivity contribution >= 4 is 17.7 Å². The van der Waals surface area contributed by atoms with Crippen LogP contribution in [-0.4, -0.2) is 38.4 Å². The molecule has 0 radical (unpaired) electrons. The van der Waals surface area contributed by atoms with Gasteiger partial charge in [-0.3, -0.25) is 4.79 Å². The Bertz CT molecular complexity index is 621. The minimum atomic E-state index is 0.0327. The average molecular weight is 303 g/mol. The minimum Gasteiger partial charge on any atom is -0.355 e. The second-order valence-electron chi connectivity index (χ2n) is 5.24. The molecule has 1 aromatic heterocycles. The minimum absolute atomic E-state index is 0.0327. The fraction of sp³-hybridized carbons (Fsp3) is 0.429. The van der Waals surface area contributed by atoms with E-state index in [1.807, 2.05) is 31.2 Å². The Morgan fingerprint density at radius 3 is 2.86 bits per heavy atom. The average Bonchev–Trinajstić information content (AvgIpc) is 3.20. The molecule has 0 spiro atoms. The highest BCUT2D eigenvalue weighted by atomic mass is 32.2. The molecule has 0 atom stereocenters. The molecule has 1 aliphatic carbocycles. The number of tetrazole rings is 1. The third-order valence-electron chi connectivity index (χ3n) is 3.34. The first-order valence-corrected chi connectivity index (χ1v) is 7.96. The Hall–Kier alpha value is -1.89. The topological polar surface area (TPSA) is 72.7 Å². The molecule has 0 bridgehead atoms. The number of benzene rings is 1. The summed E-state index contributed by atoms with van der Waals surface area (Å²) in [6.45, 7) is 2.82. The van der Waals surface area contributed by atoms with Crippen LogP contribution in [0.3, 0.4) is 0 Å². The van der Waals surface area contributed by atoms with E-state index in [0.717, 1.165) is 12.2 Å². The van der Waals surface area contributed by atoms with Crippen LogP contribution in [0.5, 0.6) is 0 Å². The van der Waals surface area contributed by atoms with Crippen LogP contribution in [0.15, 0.2) is 29.4 Å². The highest BCUT2D eigenvalue weighted by Gasteiger charge is 2.21. The maximum Gasteiger partial charge on any atom is 0.230 e. The number of rotatable bonds is 6. The van der Waals surface area contributed by atoms with E-state index in [2.05, 4.69) is 20.8 Å². The van der Waals surface area contributed by atoms with Crippen LogP contribution in [0, 0.1) is 12.8 Å². The van der Waals surface area contributed by atoms with Crippen LogP contribution in [0.25, 0.3) is 5.69 Å². The SMILES string of the molecule is Cc1ccc(-n2nnnc2SCC(=O)NCC2CC2)cc1. The van der Waals surface area contributed by atoms with E-state index in [1.54, 1.807) is 4.68 Å².